The Morgan fingerprint density at radius 1 is 1.20 bits per heavy atom. The minimum atomic E-state index is -0.290. The summed E-state index contributed by atoms with van der Waals surface area (Å²) in [5, 5.41) is 12.3. The average molecular weight is 279 g/mol. The molecule has 0 saturated heterocycles. The van der Waals surface area contributed by atoms with Crippen LogP contribution in [0.15, 0.2) is 24.3 Å². The molecule has 1 aliphatic carbocycles. The Morgan fingerprint density at radius 3 is 2.50 bits per heavy atom. The number of nitrogens with one attached hydrogen (secondary N) is 1. The van der Waals surface area contributed by atoms with Gasteiger partial charge in [-0.2, -0.15) is 0 Å². The summed E-state index contributed by atoms with van der Waals surface area (Å²) in [6.07, 6.45) is 4.74. The normalized spacial score (nSPS) is 22.5. The Kier molecular flexibility index (Phi) is 5.53. The second-order valence-corrected chi connectivity index (χ2v) is 5.59. The smallest absolute Gasteiger partial charge is 0.224 e. The molecule has 0 radical (unpaired) electrons. The van der Waals surface area contributed by atoms with Crippen LogP contribution >= 0.6 is 0 Å². The van der Waals surface area contributed by atoms with Gasteiger partial charge in [-0.15, -0.1) is 0 Å². The standard InChI is InChI=1S/C16H22FNO2/c17-15-7-5-12(6-8-15)9-16(20)18-10-13-3-1-2-4-14(13)11-19/h5-8,13-14,19H,1-4,9-11H2,(H,18,20). The van der Waals surface area contributed by atoms with E-state index < -0.39 is 0 Å². The summed E-state index contributed by atoms with van der Waals surface area (Å²) in [6, 6.07) is 6.00. The number of hydrogen-bond acceptors (Lipinski definition) is 2. The molecule has 0 aliphatic heterocycles. The number of rotatable bonds is 5. The highest BCUT2D eigenvalue weighted by atomic mass is 19.1. The van der Waals surface area contributed by atoms with Crippen molar-refractivity contribution in [2.24, 2.45) is 11.8 Å². The van der Waals surface area contributed by atoms with E-state index in [2.05, 4.69) is 5.32 Å². The zero-order valence-electron chi connectivity index (χ0n) is 11.6. The van der Waals surface area contributed by atoms with E-state index in [1.807, 2.05) is 0 Å². The lowest BCUT2D eigenvalue weighted by Gasteiger charge is -2.30. The number of hydrogen-bond donors (Lipinski definition) is 2. The molecule has 2 N–H and O–H groups in total. The Hall–Kier alpha value is -1.42. The Labute approximate surface area is 119 Å². The Bertz CT molecular complexity index is 433. The average Bonchev–Trinajstić information content (AvgIpc) is 2.48. The number of benzene rings is 1. The number of aliphatic hydroxyl groups is 1. The molecule has 1 amide bonds. The zero-order chi connectivity index (χ0) is 14.4. The first-order chi connectivity index (χ1) is 9.69. The summed E-state index contributed by atoms with van der Waals surface area (Å²) in [6.45, 7) is 0.837. The summed E-state index contributed by atoms with van der Waals surface area (Å²) < 4.78 is 12.8. The SMILES string of the molecule is O=C(Cc1ccc(F)cc1)NCC1CCCCC1CO. The van der Waals surface area contributed by atoms with E-state index in [1.54, 1.807) is 12.1 Å². The lowest BCUT2D eigenvalue weighted by atomic mass is 9.79. The molecule has 110 valence electrons. The fourth-order valence-electron chi connectivity index (χ4n) is 2.89. The van der Waals surface area contributed by atoms with Crippen molar-refractivity contribution in [2.45, 2.75) is 32.1 Å². The predicted molar refractivity (Wildman–Crippen MR) is 75.6 cm³/mol. The molecule has 0 heterocycles. The number of carbonyl (C=O) groups excluding carboxylic acids is 1. The minimum Gasteiger partial charge on any atom is -0.396 e. The van der Waals surface area contributed by atoms with Gasteiger partial charge in [0.25, 0.3) is 0 Å². The van der Waals surface area contributed by atoms with Crippen LogP contribution in [0.2, 0.25) is 0 Å². The molecule has 0 aromatic heterocycles. The molecule has 20 heavy (non-hydrogen) atoms. The van der Waals surface area contributed by atoms with E-state index in [0.29, 0.717) is 18.4 Å². The van der Waals surface area contributed by atoms with Crippen LogP contribution in [-0.4, -0.2) is 24.2 Å². The lowest BCUT2D eigenvalue weighted by molar-refractivity contribution is -0.120. The van der Waals surface area contributed by atoms with Crippen molar-refractivity contribution < 1.29 is 14.3 Å². The van der Waals surface area contributed by atoms with Gasteiger partial charge in [0.1, 0.15) is 5.82 Å². The number of aliphatic hydroxyl groups excluding tert-OH is 1. The van der Waals surface area contributed by atoms with E-state index in [-0.39, 0.29) is 24.8 Å². The van der Waals surface area contributed by atoms with Crippen LogP contribution < -0.4 is 5.32 Å². The molecule has 2 rings (SSSR count). The molecule has 1 aromatic carbocycles. The van der Waals surface area contributed by atoms with Crippen LogP contribution in [0, 0.1) is 17.7 Å². The Balaban J connectivity index is 1.78. The highest BCUT2D eigenvalue weighted by molar-refractivity contribution is 5.78. The van der Waals surface area contributed by atoms with Crippen LogP contribution in [0.3, 0.4) is 0 Å². The predicted octanol–water partition coefficient (Wildman–Crippen LogP) is 2.28. The molecule has 1 saturated carbocycles. The van der Waals surface area contributed by atoms with Gasteiger partial charge in [-0.25, -0.2) is 4.39 Å². The lowest BCUT2D eigenvalue weighted by Crippen LogP contribution is -2.36. The van der Waals surface area contributed by atoms with Crippen LogP contribution in [-0.2, 0) is 11.2 Å². The van der Waals surface area contributed by atoms with Gasteiger partial charge in [0, 0.05) is 13.2 Å². The summed E-state index contributed by atoms with van der Waals surface area (Å²) in [5.74, 6) is 0.363. The maximum Gasteiger partial charge on any atom is 0.224 e. The van der Waals surface area contributed by atoms with E-state index >= 15 is 0 Å². The van der Waals surface area contributed by atoms with E-state index in [9.17, 15) is 14.3 Å². The molecule has 2 unspecified atom stereocenters. The minimum absolute atomic E-state index is 0.0427. The summed E-state index contributed by atoms with van der Waals surface area (Å²) in [7, 11) is 0. The van der Waals surface area contributed by atoms with E-state index in [1.165, 1.54) is 25.0 Å². The Morgan fingerprint density at radius 2 is 1.85 bits per heavy atom. The van der Waals surface area contributed by atoms with E-state index in [4.69, 9.17) is 0 Å². The van der Waals surface area contributed by atoms with Crippen molar-refractivity contribution in [3.8, 4) is 0 Å². The van der Waals surface area contributed by atoms with Gasteiger partial charge < -0.3 is 10.4 Å². The van der Waals surface area contributed by atoms with Gasteiger partial charge >= 0.3 is 0 Å². The van der Waals surface area contributed by atoms with E-state index in [0.717, 1.165) is 18.4 Å². The van der Waals surface area contributed by atoms with Crippen molar-refractivity contribution >= 4 is 5.91 Å². The molecular weight excluding hydrogens is 257 g/mol. The number of halogens is 1. The molecule has 0 spiro atoms. The van der Waals surface area contributed by atoms with Crippen molar-refractivity contribution in [3.63, 3.8) is 0 Å². The van der Waals surface area contributed by atoms with Gasteiger partial charge in [-0.3, -0.25) is 4.79 Å². The maximum absolute atomic E-state index is 12.8. The van der Waals surface area contributed by atoms with Crippen LogP contribution in [0.1, 0.15) is 31.2 Å². The first kappa shape index (κ1) is 15.0. The van der Waals surface area contributed by atoms with Crippen LogP contribution in [0.4, 0.5) is 4.39 Å². The highest BCUT2D eigenvalue weighted by Gasteiger charge is 2.24. The second kappa shape index (κ2) is 7.39. The fourth-order valence-corrected chi connectivity index (χ4v) is 2.89. The maximum atomic E-state index is 12.8. The van der Waals surface area contributed by atoms with Gasteiger partial charge in [0.2, 0.25) is 5.91 Å². The third kappa shape index (κ3) is 4.30. The molecule has 2 atom stereocenters. The number of carbonyl (C=O) groups is 1. The second-order valence-electron chi connectivity index (χ2n) is 5.59. The molecule has 4 heteroatoms. The fraction of sp³-hybridized carbons (Fsp3) is 0.562. The summed E-state index contributed by atoms with van der Waals surface area (Å²) >= 11 is 0. The van der Waals surface area contributed by atoms with Crippen LogP contribution in [0.5, 0.6) is 0 Å². The monoisotopic (exact) mass is 279 g/mol. The topological polar surface area (TPSA) is 49.3 Å². The third-order valence-corrected chi connectivity index (χ3v) is 4.14. The van der Waals surface area contributed by atoms with Gasteiger partial charge in [-0.1, -0.05) is 25.0 Å². The molecular formula is C16H22FNO2. The molecule has 1 aliphatic rings. The first-order valence-electron chi connectivity index (χ1n) is 7.31. The summed E-state index contributed by atoms with van der Waals surface area (Å²) in [4.78, 5) is 11.9. The third-order valence-electron chi connectivity index (χ3n) is 4.14. The van der Waals surface area contributed by atoms with Gasteiger partial charge in [0.05, 0.1) is 6.42 Å². The van der Waals surface area contributed by atoms with Crippen molar-refractivity contribution in [2.75, 3.05) is 13.2 Å². The largest absolute Gasteiger partial charge is 0.396 e. The summed E-state index contributed by atoms with van der Waals surface area (Å²) in [5.41, 5.74) is 0.811. The van der Waals surface area contributed by atoms with Gasteiger partial charge in [0.15, 0.2) is 0 Å². The van der Waals surface area contributed by atoms with Crippen molar-refractivity contribution in [3.05, 3.63) is 35.6 Å². The molecule has 0 bridgehead atoms. The molecule has 1 aromatic rings. The van der Waals surface area contributed by atoms with Gasteiger partial charge in [-0.05, 0) is 42.4 Å². The van der Waals surface area contributed by atoms with Crippen LogP contribution in [0.25, 0.3) is 0 Å². The zero-order valence-corrected chi connectivity index (χ0v) is 11.6. The van der Waals surface area contributed by atoms with Crippen molar-refractivity contribution in [1.29, 1.82) is 0 Å². The molecule has 1 fully saturated rings. The number of amides is 1. The highest BCUT2D eigenvalue weighted by Crippen LogP contribution is 2.29. The quantitative estimate of drug-likeness (QED) is 0.868. The van der Waals surface area contributed by atoms with Crippen molar-refractivity contribution in [1.82, 2.24) is 5.32 Å². The molecule has 3 nitrogen and oxygen atoms in total. The first-order valence-corrected chi connectivity index (χ1v) is 7.31.